The highest BCUT2D eigenvalue weighted by Gasteiger charge is 2.63. The maximum Gasteiger partial charge on any atom is 0.319 e. The first kappa shape index (κ1) is 35.6. The molecule has 1 saturated carbocycles. The maximum absolute atomic E-state index is 17.1. The third kappa shape index (κ3) is 5.72. The fraction of sp³-hybridized carbons (Fsp3) is 0.514. The molecule has 54 heavy (non-hydrogen) atoms. The summed E-state index contributed by atoms with van der Waals surface area (Å²) in [6.07, 6.45) is 1.36. The van der Waals surface area contributed by atoms with E-state index in [9.17, 15) is 27.6 Å². The molecule has 4 aliphatic heterocycles. The number of alkyl halides is 3. The Bertz CT molecular complexity index is 2260. The number of amides is 1. The lowest BCUT2D eigenvalue weighted by atomic mass is 9.89. The van der Waals surface area contributed by atoms with Gasteiger partial charge in [-0.2, -0.15) is 15.2 Å². The number of nitriles is 1. The number of nitrogens with two attached hydrogens (primary N) is 1. The highest BCUT2D eigenvalue weighted by atomic mass is 35.5. The summed E-state index contributed by atoms with van der Waals surface area (Å²) in [4.78, 5) is 27.7. The van der Waals surface area contributed by atoms with Crippen LogP contribution in [0.1, 0.15) is 44.1 Å². The fourth-order valence-corrected chi connectivity index (χ4v) is 10.3. The van der Waals surface area contributed by atoms with Gasteiger partial charge in [0.2, 0.25) is 5.91 Å². The van der Waals surface area contributed by atoms with Crippen molar-refractivity contribution in [3.05, 3.63) is 40.4 Å². The van der Waals surface area contributed by atoms with E-state index in [4.69, 9.17) is 31.8 Å². The number of morpholine rings is 1. The number of benzene rings is 2. The van der Waals surface area contributed by atoms with Crippen molar-refractivity contribution in [3.8, 4) is 23.2 Å². The number of carbonyl (C=O) groups is 1. The van der Waals surface area contributed by atoms with E-state index in [0.29, 0.717) is 44.7 Å². The van der Waals surface area contributed by atoms with Crippen molar-refractivity contribution in [1.29, 1.82) is 5.26 Å². The molecule has 4 aromatic rings. The van der Waals surface area contributed by atoms with Gasteiger partial charge in [-0.15, -0.1) is 11.3 Å². The molecule has 17 heteroatoms. The van der Waals surface area contributed by atoms with Crippen LogP contribution in [0.2, 0.25) is 5.02 Å². The van der Waals surface area contributed by atoms with Gasteiger partial charge in [0, 0.05) is 61.9 Å². The van der Waals surface area contributed by atoms with Crippen molar-refractivity contribution < 1.29 is 36.2 Å². The Kier molecular flexibility index (Phi) is 8.42. The lowest BCUT2D eigenvalue weighted by Crippen LogP contribution is -2.58. The van der Waals surface area contributed by atoms with Crippen molar-refractivity contribution in [2.24, 2.45) is 5.92 Å². The number of hydrogen-bond acceptors (Lipinski definition) is 10. The Balaban J connectivity index is 1.09. The van der Waals surface area contributed by atoms with E-state index in [0.717, 1.165) is 30.7 Å². The summed E-state index contributed by atoms with van der Waals surface area (Å²) >= 11 is 7.75. The number of anilines is 2. The molecular formula is C37H35ClF5N7O3S. The molecule has 2 N–H and O–H groups in total. The van der Waals surface area contributed by atoms with Crippen LogP contribution in [0, 0.1) is 28.9 Å². The van der Waals surface area contributed by atoms with Gasteiger partial charge in [-0.05, 0) is 49.9 Å². The first-order valence-corrected chi connectivity index (χ1v) is 19.2. The first-order valence-electron chi connectivity index (χ1n) is 18.0. The number of rotatable bonds is 6. The highest BCUT2D eigenvalue weighted by molar-refractivity contribution is 7.23. The summed E-state index contributed by atoms with van der Waals surface area (Å²) in [6, 6.07) is 5.95. The molecule has 0 radical (unpaired) electrons. The molecule has 5 fully saturated rings. The minimum Gasteiger partial charge on any atom is -0.461 e. The van der Waals surface area contributed by atoms with Gasteiger partial charge >= 0.3 is 6.01 Å². The van der Waals surface area contributed by atoms with E-state index >= 15 is 4.39 Å². The standard InChI is InChI=1S/C37H35ClF5N7O3S/c38-24-12-21-29(28(41)27(24)20-2-3-25(40)30-26(20)22(15-44)31(45)54-30)46-34(52-18-35-4-1-7-50(35)16-19(39)13-35)47-32(21)48-8-5-36(6-9-48)17-49(10-11-53-36)33(51)23-14-37(23,42)43/h2-3,12,19,23H,1,4-11,13-14,16-18,45H2/t19-,23?,35+/m1/s1. The number of hydrogen-bond donors (Lipinski definition) is 1. The smallest absolute Gasteiger partial charge is 0.319 e. The minimum absolute atomic E-state index is 0.00820. The summed E-state index contributed by atoms with van der Waals surface area (Å²) in [7, 11) is 0. The SMILES string of the molecule is N#Cc1c(N)sc2c(F)ccc(-c3c(Cl)cc4c(N5CCC6(CC5)CN(C(=O)C5CC5(F)F)CCO6)nc(OC[C@@]56CCCN5C[C@H](F)C6)nc4c3F)c12. The predicted molar refractivity (Wildman–Crippen MR) is 193 cm³/mol. The molecule has 0 bridgehead atoms. The Morgan fingerprint density at radius 3 is 2.67 bits per heavy atom. The number of fused-ring (bicyclic) bond motifs is 3. The van der Waals surface area contributed by atoms with Gasteiger partial charge in [0.15, 0.2) is 5.82 Å². The second-order valence-corrected chi connectivity index (χ2v) is 16.6. The molecule has 10 nitrogen and oxygen atoms in total. The number of aromatic nitrogens is 2. The van der Waals surface area contributed by atoms with Crippen molar-refractivity contribution in [1.82, 2.24) is 19.8 Å². The highest BCUT2D eigenvalue weighted by Crippen LogP contribution is 2.50. The van der Waals surface area contributed by atoms with E-state index in [1.165, 1.54) is 23.1 Å². The molecule has 2 aromatic heterocycles. The number of ether oxygens (including phenoxy) is 2. The monoisotopic (exact) mass is 787 g/mol. The molecule has 1 spiro atoms. The lowest BCUT2D eigenvalue weighted by molar-refractivity contribution is -0.157. The number of piperidine rings is 1. The fourth-order valence-electron chi connectivity index (χ4n) is 9.03. The summed E-state index contributed by atoms with van der Waals surface area (Å²) in [5, 5.41) is 10.4. The molecule has 9 rings (SSSR count). The third-order valence-electron chi connectivity index (χ3n) is 11.9. The number of carbonyl (C=O) groups excluding carboxylic acids is 1. The molecule has 284 valence electrons. The number of nitrogen functional groups attached to an aromatic ring is 1. The number of halogens is 6. The molecule has 4 saturated heterocycles. The second-order valence-electron chi connectivity index (χ2n) is 15.2. The van der Waals surface area contributed by atoms with Gasteiger partial charge < -0.3 is 25.0 Å². The maximum atomic E-state index is 17.1. The van der Waals surface area contributed by atoms with E-state index < -0.39 is 53.1 Å². The summed E-state index contributed by atoms with van der Waals surface area (Å²) < 4.78 is 86.7. The van der Waals surface area contributed by atoms with E-state index in [1.807, 2.05) is 11.0 Å². The average Bonchev–Trinajstić information content (AvgIpc) is 3.37. The topological polar surface area (TPSA) is 121 Å². The van der Waals surface area contributed by atoms with Gasteiger partial charge in [-0.1, -0.05) is 17.7 Å². The van der Waals surface area contributed by atoms with Crippen molar-refractivity contribution in [3.63, 3.8) is 0 Å². The van der Waals surface area contributed by atoms with Crippen LogP contribution < -0.4 is 15.4 Å². The third-order valence-corrected chi connectivity index (χ3v) is 13.3. The average molecular weight is 788 g/mol. The molecule has 3 atom stereocenters. The Labute approximate surface area is 315 Å². The zero-order valence-corrected chi connectivity index (χ0v) is 30.5. The summed E-state index contributed by atoms with van der Waals surface area (Å²) in [6.45, 7) is 2.52. The van der Waals surface area contributed by atoms with Crippen LogP contribution in [-0.4, -0.2) is 101 Å². The Morgan fingerprint density at radius 2 is 1.93 bits per heavy atom. The quantitative estimate of drug-likeness (QED) is 0.213. The molecule has 6 heterocycles. The zero-order valence-electron chi connectivity index (χ0n) is 28.9. The van der Waals surface area contributed by atoms with Gasteiger partial charge in [0.05, 0.1) is 33.0 Å². The Morgan fingerprint density at radius 1 is 1.15 bits per heavy atom. The minimum atomic E-state index is -2.96. The van der Waals surface area contributed by atoms with Crippen LogP contribution in [0.5, 0.6) is 6.01 Å². The second kappa shape index (κ2) is 12.8. The number of thiophene rings is 1. The molecule has 2 aromatic carbocycles. The van der Waals surface area contributed by atoms with Gasteiger partial charge in [0.1, 0.15) is 46.9 Å². The van der Waals surface area contributed by atoms with E-state index in [2.05, 4.69) is 9.88 Å². The largest absolute Gasteiger partial charge is 0.461 e. The summed E-state index contributed by atoms with van der Waals surface area (Å²) in [5.41, 5.74) is 4.74. The molecule has 1 unspecified atom stereocenters. The molecular weight excluding hydrogens is 753 g/mol. The van der Waals surface area contributed by atoms with Crippen molar-refractivity contribution in [2.75, 3.05) is 63.1 Å². The Hall–Kier alpha value is -4.04. The van der Waals surface area contributed by atoms with Crippen molar-refractivity contribution >= 4 is 60.7 Å². The predicted octanol–water partition coefficient (Wildman–Crippen LogP) is 6.71. The number of nitrogens with zero attached hydrogens (tertiary/aromatic N) is 6. The van der Waals surface area contributed by atoms with Crippen molar-refractivity contribution in [2.45, 2.75) is 61.8 Å². The lowest BCUT2D eigenvalue weighted by Gasteiger charge is -2.47. The van der Waals surface area contributed by atoms with E-state index in [-0.39, 0.29) is 80.0 Å². The van der Waals surface area contributed by atoms with Crippen LogP contribution >= 0.6 is 22.9 Å². The first-order chi connectivity index (χ1) is 25.8. The normalized spacial score (nSPS) is 26.1. The van der Waals surface area contributed by atoms with Gasteiger partial charge in [-0.3, -0.25) is 9.69 Å². The van der Waals surface area contributed by atoms with Crippen LogP contribution in [0.25, 0.3) is 32.1 Å². The van der Waals surface area contributed by atoms with Crippen LogP contribution in [-0.2, 0) is 9.53 Å². The van der Waals surface area contributed by atoms with Crippen LogP contribution in [0.3, 0.4) is 0 Å². The molecule has 1 amide bonds. The van der Waals surface area contributed by atoms with Gasteiger partial charge in [-0.25, -0.2) is 22.0 Å². The molecule has 1 aliphatic carbocycles. The summed E-state index contributed by atoms with van der Waals surface area (Å²) in [5.74, 6) is -5.93. The molecule has 5 aliphatic rings. The van der Waals surface area contributed by atoms with Gasteiger partial charge in [0.25, 0.3) is 5.92 Å². The van der Waals surface area contributed by atoms with Crippen LogP contribution in [0.4, 0.5) is 32.8 Å². The van der Waals surface area contributed by atoms with E-state index in [1.54, 1.807) is 0 Å². The van der Waals surface area contributed by atoms with Crippen LogP contribution in [0.15, 0.2) is 18.2 Å². The zero-order chi connectivity index (χ0) is 37.7.